The van der Waals surface area contributed by atoms with Crippen LogP contribution in [0.1, 0.15) is 37.2 Å². The molecule has 3 aliphatic rings. The van der Waals surface area contributed by atoms with E-state index in [1.807, 2.05) is 0 Å². The van der Waals surface area contributed by atoms with Gasteiger partial charge < -0.3 is 14.5 Å². The Morgan fingerprint density at radius 1 is 1.13 bits per heavy atom. The van der Waals surface area contributed by atoms with Crippen molar-refractivity contribution in [1.82, 2.24) is 9.80 Å². The first-order valence-corrected chi connectivity index (χ1v) is 10.6. The van der Waals surface area contributed by atoms with E-state index in [0.717, 1.165) is 6.42 Å². The molecular formula is C22H27F3N2O3. The van der Waals surface area contributed by atoms with E-state index in [-0.39, 0.29) is 42.8 Å². The maximum absolute atomic E-state index is 13.5. The maximum Gasteiger partial charge on any atom is 0.395 e. The van der Waals surface area contributed by atoms with E-state index in [2.05, 4.69) is 0 Å². The Balaban J connectivity index is 1.25. The average molecular weight is 424 g/mol. The predicted octanol–water partition coefficient (Wildman–Crippen LogP) is 3.84. The van der Waals surface area contributed by atoms with Crippen molar-refractivity contribution in [3.8, 4) is 0 Å². The molecule has 4 rings (SSSR count). The summed E-state index contributed by atoms with van der Waals surface area (Å²) in [6, 6.07) is 7.96. The summed E-state index contributed by atoms with van der Waals surface area (Å²) in [6.07, 6.45) is -2.57. The van der Waals surface area contributed by atoms with Crippen molar-refractivity contribution in [2.24, 2.45) is 11.8 Å². The molecule has 8 heteroatoms. The van der Waals surface area contributed by atoms with Crippen LogP contribution in [0.25, 0.3) is 0 Å². The molecule has 3 aliphatic heterocycles. The highest BCUT2D eigenvalue weighted by Gasteiger charge is 2.43. The van der Waals surface area contributed by atoms with Crippen LogP contribution in [0, 0.1) is 11.8 Å². The number of urea groups is 1. The number of hydrogen-bond acceptors (Lipinski definition) is 3. The number of fused-ring (bicyclic) bond motifs is 1. The Kier molecular flexibility index (Phi) is 6.04. The first kappa shape index (κ1) is 21.2. The second-order valence-electron chi connectivity index (χ2n) is 8.72. The molecule has 1 unspecified atom stereocenters. The summed E-state index contributed by atoms with van der Waals surface area (Å²) in [5.41, 5.74) is 0.296. The lowest BCUT2D eigenvalue weighted by atomic mass is 9.86. The quantitative estimate of drug-likeness (QED) is 0.738. The average Bonchev–Trinajstić information content (AvgIpc) is 2.68. The van der Waals surface area contributed by atoms with Crippen molar-refractivity contribution in [3.05, 3.63) is 35.9 Å². The van der Waals surface area contributed by atoms with E-state index in [1.165, 1.54) is 12.1 Å². The number of carbonyl (C=O) groups is 2. The molecule has 3 saturated heterocycles. The minimum absolute atomic E-state index is 0.0349. The zero-order valence-electron chi connectivity index (χ0n) is 16.8. The normalized spacial score (nSPS) is 26.2. The minimum Gasteiger partial charge on any atom is -0.370 e. The number of ketones is 1. The van der Waals surface area contributed by atoms with Crippen molar-refractivity contribution in [3.63, 3.8) is 0 Å². The molecule has 0 N–H and O–H groups in total. The van der Waals surface area contributed by atoms with Crippen LogP contribution in [0.3, 0.4) is 0 Å². The number of amides is 2. The lowest BCUT2D eigenvalue weighted by Crippen LogP contribution is -2.58. The predicted molar refractivity (Wildman–Crippen MR) is 104 cm³/mol. The Bertz CT molecular complexity index is 765. The Hall–Kier alpha value is -2.09. The fourth-order valence-electron chi connectivity index (χ4n) is 4.87. The van der Waals surface area contributed by atoms with Gasteiger partial charge in [-0.3, -0.25) is 4.79 Å². The molecule has 5 nitrogen and oxygen atoms in total. The molecule has 0 radical (unpaired) electrons. The van der Waals surface area contributed by atoms with Gasteiger partial charge in [-0.2, -0.15) is 13.2 Å². The highest BCUT2D eigenvalue weighted by molar-refractivity contribution is 5.81. The molecule has 3 atom stereocenters. The van der Waals surface area contributed by atoms with Gasteiger partial charge >= 0.3 is 12.2 Å². The molecule has 0 aliphatic carbocycles. The van der Waals surface area contributed by atoms with Gasteiger partial charge in [-0.25, -0.2) is 4.79 Å². The van der Waals surface area contributed by atoms with E-state index < -0.39 is 12.1 Å². The summed E-state index contributed by atoms with van der Waals surface area (Å²) in [6.45, 7) is 2.28. The van der Waals surface area contributed by atoms with Crippen LogP contribution >= 0.6 is 0 Å². The summed E-state index contributed by atoms with van der Waals surface area (Å²) in [4.78, 5) is 27.8. The fourth-order valence-corrected chi connectivity index (χ4v) is 4.87. The lowest BCUT2D eigenvalue weighted by Gasteiger charge is -2.46. The third kappa shape index (κ3) is 4.63. The number of alkyl halides is 3. The summed E-state index contributed by atoms with van der Waals surface area (Å²) in [5.74, 6) is -1.24. The van der Waals surface area contributed by atoms with E-state index in [9.17, 15) is 22.8 Å². The van der Waals surface area contributed by atoms with Crippen molar-refractivity contribution in [2.45, 2.75) is 43.9 Å². The summed E-state index contributed by atoms with van der Waals surface area (Å²) >= 11 is 0. The lowest BCUT2D eigenvalue weighted by molar-refractivity contribution is -0.153. The zero-order chi connectivity index (χ0) is 21.3. The highest BCUT2D eigenvalue weighted by atomic mass is 19.4. The number of halogens is 3. The number of benzene rings is 1. The molecular weight excluding hydrogens is 397 g/mol. The van der Waals surface area contributed by atoms with Crippen LogP contribution in [0.4, 0.5) is 18.0 Å². The molecule has 0 saturated carbocycles. The van der Waals surface area contributed by atoms with Crippen molar-refractivity contribution < 1.29 is 27.5 Å². The summed E-state index contributed by atoms with van der Waals surface area (Å²) < 4.78 is 46.0. The van der Waals surface area contributed by atoms with Crippen LogP contribution in [-0.2, 0) is 9.53 Å². The Morgan fingerprint density at radius 2 is 1.87 bits per heavy atom. The maximum atomic E-state index is 13.5. The van der Waals surface area contributed by atoms with E-state index in [1.54, 1.807) is 28.0 Å². The van der Waals surface area contributed by atoms with E-state index >= 15 is 0 Å². The van der Waals surface area contributed by atoms with Gasteiger partial charge in [-0.15, -0.1) is 0 Å². The number of rotatable bonds is 4. The molecule has 3 heterocycles. The van der Waals surface area contributed by atoms with Crippen molar-refractivity contribution in [1.29, 1.82) is 0 Å². The molecule has 30 heavy (non-hydrogen) atoms. The smallest absolute Gasteiger partial charge is 0.370 e. The highest BCUT2D eigenvalue weighted by Crippen LogP contribution is 2.40. The molecule has 2 amide bonds. The van der Waals surface area contributed by atoms with Gasteiger partial charge in [0, 0.05) is 38.5 Å². The van der Waals surface area contributed by atoms with Crippen molar-refractivity contribution >= 4 is 11.8 Å². The molecule has 0 bridgehead atoms. The molecule has 3 fully saturated rings. The number of piperidine rings is 1. The number of Topliss-reactive ketones (excluding diaryl/α,β-unsaturated/α-hetero) is 1. The molecule has 0 spiro atoms. The number of nitrogens with zero attached hydrogens (tertiary/aromatic N) is 2. The monoisotopic (exact) mass is 424 g/mol. The van der Waals surface area contributed by atoms with E-state index in [4.69, 9.17) is 4.74 Å². The Labute approximate surface area is 174 Å². The SMILES string of the molecule is O=C1CO[C@H]2CCN(C(=O)N3CC(CCC(c4ccccc4)C(F)(F)F)C3)C[C@H]2C1. The molecule has 1 aromatic carbocycles. The van der Waals surface area contributed by atoms with Crippen LogP contribution in [0.15, 0.2) is 30.3 Å². The second-order valence-corrected chi connectivity index (χ2v) is 8.72. The summed E-state index contributed by atoms with van der Waals surface area (Å²) in [5, 5.41) is 0. The van der Waals surface area contributed by atoms with Gasteiger partial charge in [0.05, 0.1) is 12.0 Å². The molecule has 164 valence electrons. The zero-order valence-corrected chi connectivity index (χ0v) is 16.8. The molecule has 0 aromatic heterocycles. The van der Waals surface area contributed by atoms with Gasteiger partial charge in [0.1, 0.15) is 6.61 Å². The third-order valence-electron chi connectivity index (χ3n) is 6.57. The number of ether oxygens (including phenoxy) is 1. The third-order valence-corrected chi connectivity index (χ3v) is 6.57. The topological polar surface area (TPSA) is 49.9 Å². The first-order valence-electron chi connectivity index (χ1n) is 10.6. The first-order chi connectivity index (χ1) is 14.3. The van der Waals surface area contributed by atoms with Crippen LogP contribution in [0.2, 0.25) is 0 Å². The van der Waals surface area contributed by atoms with E-state index in [0.29, 0.717) is 44.6 Å². The van der Waals surface area contributed by atoms with Crippen LogP contribution < -0.4 is 0 Å². The fraction of sp³-hybridized carbons (Fsp3) is 0.636. The number of carbonyl (C=O) groups excluding carboxylic acids is 2. The van der Waals surface area contributed by atoms with Crippen LogP contribution in [-0.4, -0.2) is 66.7 Å². The van der Waals surface area contributed by atoms with Gasteiger partial charge in [0.25, 0.3) is 0 Å². The Morgan fingerprint density at radius 3 is 2.57 bits per heavy atom. The largest absolute Gasteiger partial charge is 0.395 e. The van der Waals surface area contributed by atoms with Gasteiger partial charge in [0.15, 0.2) is 5.78 Å². The number of hydrogen-bond donors (Lipinski definition) is 0. The minimum atomic E-state index is -4.27. The number of likely N-dealkylation sites (tertiary alicyclic amines) is 2. The molecule has 1 aromatic rings. The van der Waals surface area contributed by atoms with Crippen LogP contribution in [0.5, 0.6) is 0 Å². The summed E-state index contributed by atoms with van der Waals surface area (Å²) in [7, 11) is 0. The van der Waals surface area contributed by atoms with Gasteiger partial charge in [-0.05, 0) is 30.7 Å². The van der Waals surface area contributed by atoms with Gasteiger partial charge in [0.2, 0.25) is 0 Å². The standard InChI is InChI=1S/C22H27F3N2O3/c23-22(24,25)19(16-4-2-1-3-5-16)7-6-15-11-27(12-15)21(29)26-9-8-20-17(13-26)10-18(28)14-30-20/h1-5,15,17,19-20H,6-14H2/t17-,19?,20+/m1/s1. The van der Waals surface area contributed by atoms with Crippen molar-refractivity contribution in [2.75, 3.05) is 32.8 Å². The second kappa shape index (κ2) is 8.57. The van der Waals surface area contributed by atoms with Gasteiger partial charge in [-0.1, -0.05) is 30.3 Å².